The van der Waals surface area contributed by atoms with Gasteiger partial charge in [-0.3, -0.25) is 0 Å². The van der Waals surface area contributed by atoms with Crippen LogP contribution in [0.1, 0.15) is 23.2 Å². The van der Waals surface area contributed by atoms with E-state index in [4.69, 9.17) is 9.15 Å². The minimum atomic E-state index is -0.568. The lowest BCUT2D eigenvalue weighted by molar-refractivity contribution is 0.0518. The Hall–Kier alpha value is -2.17. The number of oxazole rings is 1. The number of rotatable bonds is 3. The molecule has 0 aliphatic rings. The predicted octanol–water partition coefficient (Wildman–Crippen LogP) is 2.97. The van der Waals surface area contributed by atoms with Crippen LogP contribution < -0.4 is 0 Å². The number of nitrogens with zero attached hydrogens (tertiary/aromatic N) is 1. The second kappa shape index (κ2) is 5.00. The molecule has 0 atom stereocenters. The summed E-state index contributed by atoms with van der Waals surface area (Å²) >= 11 is 0. The van der Waals surface area contributed by atoms with Crippen LogP contribution in [-0.4, -0.2) is 17.6 Å². The molecule has 0 amide bonds. The van der Waals surface area contributed by atoms with Gasteiger partial charge in [-0.05, 0) is 26.0 Å². The average Bonchev–Trinajstić information content (AvgIpc) is 2.72. The normalized spacial score (nSPS) is 10.4. The second-order valence-electron chi connectivity index (χ2n) is 3.62. The van der Waals surface area contributed by atoms with Crippen LogP contribution in [0, 0.1) is 12.7 Å². The van der Waals surface area contributed by atoms with Crippen LogP contribution >= 0.6 is 0 Å². The molecule has 0 radical (unpaired) electrons. The van der Waals surface area contributed by atoms with E-state index in [0.717, 1.165) is 0 Å². The highest BCUT2D eigenvalue weighted by atomic mass is 19.1. The van der Waals surface area contributed by atoms with Crippen LogP contribution in [0.4, 0.5) is 4.39 Å². The van der Waals surface area contributed by atoms with Crippen molar-refractivity contribution in [3.8, 4) is 11.5 Å². The number of halogens is 1. The Balaban J connectivity index is 2.41. The summed E-state index contributed by atoms with van der Waals surface area (Å²) in [7, 11) is 0. The first-order valence-corrected chi connectivity index (χ1v) is 5.53. The number of aryl methyl sites for hydroxylation is 1. The molecule has 0 spiro atoms. The molecule has 0 unspecified atom stereocenters. The number of carbonyl (C=O) groups is 1. The van der Waals surface area contributed by atoms with E-state index in [1.165, 1.54) is 12.1 Å². The van der Waals surface area contributed by atoms with Gasteiger partial charge in [0.1, 0.15) is 11.6 Å². The Kier molecular flexibility index (Phi) is 3.41. The summed E-state index contributed by atoms with van der Waals surface area (Å²) in [6.07, 6.45) is 0. The van der Waals surface area contributed by atoms with Crippen molar-refractivity contribution in [3.05, 3.63) is 41.5 Å². The summed E-state index contributed by atoms with van der Waals surface area (Å²) in [4.78, 5) is 15.5. The summed E-state index contributed by atoms with van der Waals surface area (Å²) in [5.41, 5.74) is 0.297. The molecule has 0 saturated heterocycles. The van der Waals surface area contributed by atoms with Gasteiger partial charge in [0.25, 0.3) is 0 Å². The van der Waals surface area contributed by atoms with E-state index < -0.39 is 11.8 Å². The number of hydrogen-bond acceptors (Lipinski definition) is 4. The molecule has 1 heterocycles. The molecule has 0 fully saturated rings. The van der Waals surface area contributed by atoms with Gasteiger partial charge in [-0.1, -0.05) is 12.1 Å². The summed E-state index contributed by atoms with van der Waals surface area (Å²) in [6.45, 7) is 3.54. The predicted molar refractivity (Wildman–Crippen MR) is 62.6 cm³/mol. The monoisotopic (exact) mass is 249 g/mol. The number of aromatic nitrogens is 1. The van der Waals surface area contributed by atoms with Crippen molar-refractivity contribution >= 4 is 5.97 Å². The lowest BCUT2D eigenvalue weighted by Gasteiger charge is -1.97. The molecule has 5 heteroatoms. The molecule has 0 bridgehead atoms. The number of benzene rings is 1. The summed E-state index contributed by atoms with van der Waals surface area (Å²) < 4.78 is 23.7. The minimum Gasteiger partial charge on any atom is -0.461 e. The van der Waals surface area contributed by atoms with E-state index in [-0.39, 0.29) is 23.8 Å². The molecule has 1 aromatic heterocycles. The Morgan fingerprint density at radius 2 is 2.17 bits per heavy atom. The van der Waals surface area contributed by atoms with Crippen LogP contribution in [0.5, 0.6) is 0 Å². The van der Waals surface area contributed by atoms with E-state index in [2.05, 4.69) is 4.98 Å². The zero-order chi connectivity index (χ0) is 13.1. The highest BCUT2D eigenvalue weighted by Gasteiger charge is 2.20. The molecule has 1 aromatic carbocycles. The van der Waals surface area contributed by atoms with Crippen molar-refractivity contribution in [2.75, 3.05) is 6.61 Å². The third-order valence-corrected chi connectivity index (χ3v) is 2.37. The third-order valence-electron chi connectivity index (χ3n) is 2.37. The van der Waals surface area contributed by atoms with Crippen LogP contribution in [0.25, 0.3) is 11.5 Å². The van der Waals surface area contributed by atoms with Gasteiger partial charge in [-0.2, -0.15) is 0 Å². The van der Waals surface area contributed by atoms with E-state index in [1.807, 2.05) is 0 Å². The van der Waals surface area contributed by atoms with E-state index in [1.54, 1.807) is 26.0 Å². The van der Waals surface area contributed by atoms with Crippen LogP contribution in [-0.2, 0) is 4.74 Å². The van der Waals surface area contributed by atoms with Crippen LogP contribution in [0.3, 0.4) is 0 Å². The van der Waals surface area contributed by atoms with Crippen molar-refractivity contribution < 1.29 is 18.3 Å². The lowest BCUT2D eigenvalue weighted by atomic mass is 10.2. The van der Waals surface area contributed by atoms with Crippen molar-refractivity contribution in [3.63, 3.8) is 0 Å². The van der Waals surface area contributed by atoms with Crippen molar-refractivity contribution in [1.29, 1.82) is 0 Å². The van der Waals surface area contributed by atoms with Gasteiger partial charge in [-0.15, -0.1) is 0 Å². The smallest absolute Gasteiger partial charge is 0.360 e. The number of esters is 1. The minimum absolute atomic E-state index is 0.0775. The van der Waals surface area contributed by atoms with Gasteiger partial charge < -0.3 is 9.15 Å². The van der Waals surface area contributed by atoms with Gasteiger partial charge >= 0.3 is 5.97 Å². The maximum absolute atomic E-state index is 13.5. The average molecular weight is 249 g/mol. The summed E-state index contributed by atoms with van der Waals surface area (Å²) in [5, 5.41) is 0. The van der Waals surface area contributed by atoms with Gasteiger partial charge in [0.15, 0.2) is 5.69 Å². The van der Waals surface area contributed by atoms with Crippen LogP contribution in [0.2, 0.25) is 0 Å². The standard InChI is InChI=1S/C13H12FNO3/c1-3-17-13(16)11-8(2)18-12(15-11)9-6-4-5-7-10(9)14/h4-7H,3H2,1-2H3. The highest BCUT2D eigenvalue weighted by molar-refractivity contribution is 5.88. The fourth-order valence-corrected chi connectivity index (χ4v) is 1.54. The number of ether oxygens (including phenoxy) is 1. The third kappa shape index (κ3) is 2.25. The molecule has 0 saturated carbocycles. The molecule has 2 rings (SSSR count). The zero-order valence-electron chi connectivity index (χ0n) is 10.1. The lowest BCUT2D eigenvalue weighted by Crippen LogP contribution is -2.06. The van der Waals surface area contributed by atoms with E-state index in [9.17, 15) is 9.18 Å². The van der Waals surface area contributed by atoms with Crippen LogP contribution in [0.15, 0.2) is 28.7 Å². The highest BCUT2D eigenvalue weighted by Crippen LogP contribution is 2.24. The molecular formula is C13H12FNO3. The van der Waals surface area contributed by atoms with Gasteiger partial charge in [-0.25, -0.2) is 14.2 Å². The van der Waals surface area contributed by atoms with Gasteiger partial charge in [0.2, 0.25) is 5.89 Å². The Morgan fingerprint density at radius 3 is 2.83 bits per heavy atom. The quantitative estimate of drug-likeness (QED) is 0.785. The maximum atomic E-state index is 13.5. The molecule has 2 aromatic rings. The SMILES string of the molecule is CCOC(=O)c1nc(-c2ccccc2F)oc1C. The second-order valence-corrected chi connectivity index (χ2v) is 3.62. The van der Waals surface area contributed by atoms with Crippen molar-refractivity contribution in [2.24, 2.45) is 0 Å². The van der Waals surface area contributed by atoms with E-state index in [0.29, 0.717) is 5.76 Å². The van der Waals surface area contributed by atoms with E-state index >= 15 is 0 Å². The maximum Gasteiger partial charge on any atom is 0.360 e. The largest absolute Gasteiger partial charge is 0.461 e. The topological polar surface area (TPSA) is 52.3 Å². The summed E-state index contributed by atoms with van der Waals surface area (Å²) in [5.74, 6) is -0.629. The summed E-state index contributed by atoms with van der Waals surface area (Å²) in [6, 6.07) is 6.08. The Morgan fingerprint density at radius 1 is 1.44 bits per heavy atom. The molecule has 0 aliphatic carbocycles. The molecule has 18 heavy (non-hydrogen) atoms. The number of carbonyl (C=O) groups excluding carboxylic acids is 1. The molecule has 0 N–H and O–H groups in total. The first-order chi connectivity index (χ1) is 8.63. The first-order valence-electron chi connectivity index (χ1n) is 5.53. The first kappa shape index (κ1) is 12.3. The van der Waals surface area contributed by atoms with Crippen molar-refractivity contribution in [2.45, 2.75) is 13.8 Å². The Bertz CT molecular complexity index is 577. The van der Waals surface area contributed by atoms with Gasteiger partial charge in [0, 0.05) is 0 Å². The molecular weight excluding hydrogens is 237 g/mol. The fourth-order valence-electron chi connectivity index (χ4n) is 1.54. The molecule has 0 aliphatic heterocycles. The number of hydrogen-bond donors (Lipinski definition) is 0. The zero-order valence-corrected chi connectivity index (χ0v) is 10.1. The van der Waals surface area contributed by atoms with Crippen molar-refractivity contribution in [1.82, 2.24) is 4.98 Å². The fraction of sp³-hybridized carbons (Fsp3) is 0.231. The molecule has 4 nitrogen and oxygen atoms in total. The molecule has 94 valence electrons. The Labute approximate surface area is 103 Å². The van der Waals surface area contributed by atoms with Gasteiger partial charge in [0.05, 0.1) is 12.2 Å².